The Hall–Kier alpha value is -1.89. The molecule has 0 bridgehead atoms. The lowest BCUT2D eigenvalue weighted by atomic mass is 9.86. The molecule has 0 aliphatic carbocycles. The minimum Gasteiger partial charge on any atom is -0.348 e. The van der Waals surface area contributed by atoms with Crippen LogP contribution in [0.25, 0.3) is 0 Å². The highest BCUT2D eigenvalue weighted by Crippen LogP contribution is 2.28. The van der Waals surface area contributed by atoms with Gasteiger partial charge in [0.1, 0.15) is 6.04 Å². The number of nitrogens with one attached hydrogen (secondary N) is 1. The number of sulfonamides is 1. The molecule has 1 N–H and O–H groups in total. The van der Waals surface area contributed by atoms with Crippen LogP contribution < -0.4 is 5.32 Å². The van der Waals surface area contributed by atoms with Crippen LogP contribution in [0.15, 0.2) is 53.4 Å². The van der Waals surface area contributed by atoms with E-state index in [2.05, 4.69) is 38.2 Å². The van der Waals surface area contributed by atoms with Crippen molar-refractivity contribution in [1.29, 1.82) is 0 Å². The largest absolute Gasteiger partial charge is 0.348 e. The molecule has 0 saturated carbocycles. The Labute approximate surface area is 184 Å². The lowest BCUT2D eigenvalue weighted by Gasteiger charge is -2.25. The fourth-order valence-corrected chi connectivity index (χ4v) is 5.48. The van der Waals surface area contributed by atoms with E-state index in [0.717, 1.165) is 5.56 Å². The van der Waals surface area contributed by atoms with E-state index in [-0.39, 0.29) is 22.3 Å². The van der Waals surface area contributed by atoms with Gasteiger partial charge in [0.25, 0.3) is 0 Å². The molecule has 1 aliphatic heterocycles. The molecule has 2 atom stereocenters. The second-order valence-electron chi connectivity index (χ2n) is 8.83. The van der Waals surface area contributed by atoms with Gasteiger partial charge in [0.05, 0.1) is 10.9 Å². The average molecular weight is 449 g/mol. The molecule has 1 saturated heterocycles. The zero-order chi connectivity index (χ0) is 22.1. The first-order chi connectivity index (χ1) is 14.0. The van der Waals surface area contributed by atoms with Crippen LogP contribution in [-0.2, 0) is 20.2 Å². The van der Waals surface area contributed by atoms with Gasteiger partial charge in [-0.15, -0.1) is 0 Å². The highest BCUT2D eigenvalue weighted by molar-refractivity contribution is 7.89. The summed E-state index contributed by atoms with van der Waals surface area (Å²) in [6.45, 7) is 8.71. The molecular formula is C23H29ClN2O3S. The number of hydrogen-bond acceptors (Lipinski definition) is 3. The van der Waals surface area contributed by atoms with Crippen molar-refractivity contribution in [3.8, 4) is 0 Å². The monoisotopic (exact) mass is 448 g/mol. The van der Waals surface area contributed by atoms with Crippen LogP contribution in [0.1, 0.15) is 57.7 Å². The van der Waals surface area contributed by atoms with E-state index >= 15 is 0 Å². The van der Waals surface area contributed by atoms with E-state index < -0.39 is 16.1 Å². The molecule has 30 heavy (non-hydrogen) atoms. The number of nitrogens with zero attached hydrogens (tertiary/aromatic N) is 1. The first-order valence-electron chi connectivity index (χ1n) is 10.2. The van der Waals surface area contributed by atoms with Gasteiger partial charge in [-0.3, -0.25) is 4.79 Å². The van der Waals surface area contributed by atoms with Crippen molar-refractivity contribution in [1.82, 2.24) is 9.62 Å². The Kier molecular flexibility index (Phi) is 6.60. The zero-order valence-electron chi connectivity index (χ0n) is 17.9. The van der Waals surface area contributed by atoms with E-state index in [9.17, 15) is 13.2 Å². The van der Waals surface area contributed by atoms with E-state index in [0.29, 0.717) is 24.4 Å². The molecule has 5 nitrogen and oxygen atoms in total. The van der Waals surface area contributed by atoms with Crippen molar-refractivity contribution in [2.45, 2.75) is 62.9 Å². The van der Waals surface area contributed by atoms with Crippen LogP contribution in [0, 0.1) is 0 Å². The van der Waals surface area contributed by atoms with Crippen LogP contribution in [-0.4, -0.2) is 31.2 Å². The molecule has 1 fully saturated rings. The van der Waals surface area contributed by atoms with E-state index in [1.54, 1.807) is 12.1 Å². The molecule has 2 unspecified atom stereocenters. The number of rotatable bonds is 5. The van der Waals surface area contributed by atoms with Crippen LogP contribution in [0.3, 0.4) is 0 Å². The lowest BCUT2D eigenvalue weighted by Crippen LogP contribution is -2.46. The average Bonchev–Trinajstić information content (AvgIpc) is 3.18. The molecule has 162 valence electrons. The standard InChI is InChI=1S/C23H29ClN2O3S/c1-16(17-7-9-18(10-8-17)23(2,3)4)25-22(27)21-6-5-15-26(21)30(28,29)20-13-11-19(24)12-14-20/h7-14,16,21H,5-6,15H2,1-4H3,(H,25,27). The molecule has 3 rings (SSSR count). The smallest absolute Gasteiger partial charge is 0.243 e. The predicted molar refractivity (Wildman–Crippen MR) is 120 cm³/mol. The number of halogens is 1. The van der Waals surface area contributed by atoms with Gasteiger partial charge in [0.2, 0.25) is 15.9 Å². The maximum atomic E-state index is 13.1. The summed E-state index contributed by atoms with van der Waals surface area (Å²) in [4.78, 5) is 13.1. The van der Waals surface area contributed by atoms with Gasteiger partial charge < -0.3 is 5.32 Å². The van der Waals surface area contributed by atoms with Gasteiger partial charge in [0.15, 0.2) is 0 Å². The van der Waals surface area contributed by atoms with Crippen molar-refractivity contribution in [2.24, 2.45) is 0 Å². The third-order valence-corrected chi connectivity index (χ3v) is 7.74. The third-order valence-electron chi connectivity index (χ3n) is 5.56. The zero-order valence-corrected chi connectivity index (χ0v) is 19.4. The van der Waals surface area contributed by atoms with Gasteiger partial charge >= 0.3 is 0 Å². The van der Waals surface area contributed by atoms with Crippen LogP contribution in [0.4, 0.5) is 0 Å². The van der Waals surface area contributed by atoms with E-state index in [1.807, 2.05) is 19.1 Å². The second kappa shape index (κ2) is 8.69. The van der Waals surface area contributed by atoms with Crippen molar-refractivity contribution < 1.29 is 13.2 Å². The molecule has 7 heteroatoms. The summed E-state index contributed by atoms with van der Waals surface area (Å²) in [5.74, 6) is -0.266. The van der Waals surface area contributed by atoms with Crippen molar-refractivity contribution in [2.75, 3.05) is 6.54 Å². The van der Waals surface area contributed by atoms with Crippen molar-refractivity contribution in [3.63, 3.8) is 0 Å². The maximum absolute atomic E-state index is 13.1. The summed E-state index contributed by atoms with van der Waals surface area (Å²) in [6, 6.07) is 13.3. The molecule has 0 aromatic heterocycles. The maximum Gasteiger partial charge on any atom is 0.243 e. The highest BCUT2D eigenvalue weighted by Gasteiger charge is 2.39. The molecule has 2 aromatic carbocycles. The summed E-state index contributed by atoms with van der Waals surface area (Å²) >= 11 is 5.88. The molecule has 1 heterocycles. The molecule has 2 aromatic rings. The van der Waals surface area contributed by atoms with Gasteiger partial charge in [-0.2, -0.15) is 4.31 Å². The number of carbonyl (C=O) groups is 1. The second-order valence-corrected chi connectivity index (χ2v) is 11.2. The molecule has 1 amide bonds. The summed E-state index contributed by atoms with van der Waals surface area (Å²) in [5, 5.41) is 3.46. The Morgan fingerprint density at radius 2 is 1.70 bits per heavy atom. The first-order valence-corrected chi connectivity index (χ1v) is 12.0. The molecule has 0 spiro atoms. The lowest BCUT2D eigenvalue weighted by molar-refractivity contribution is -0.124. The van der Waals surface area contributed by atoms with Gasteiger partial charge in [0, 0.05) is 11.6 Å². The van der Waals surface area contributed by atoms with Crippen LogP contribution in [0.2, 0.25) is 5.02 Å². The molecule has 1 aliphatic rings. The Bertz CT molecular complexity index is 996. The summed E-state index contributed by atoms with van der Waals surface area (Å²) in [5.41, 5.74) is 2.27. The Morgan fingerprint density at radius 3 is 2.27 bits per heavy atom. The number of carbonyl (C=O) groups excluding carboxylic acids is 1. The number of benzene rings is 2. The summed E-state index contributed by atoms with van der Waals surface area (Å²) < 4.78 is 27.4. The fourth-order valence-electron chi connectivity index (χ4n) is 3.70. The minimum atomic E-state index is -3.76. The Balaban J connectivity index is 1.73. The Morgan fingerprint density at radius 1 is 1.10 bits per heavy atom. The SMILES string of the molecule is CC(NC(=O)C1CCCN1S(=O)(=O)c1ccc(Cl)cc1)c1ccc(C(C)(C)C)cc1. The highest BCUT2D eigenvalue weighted by atomic mass is 35.5. The van der Waals surface area contributed by atoms with E-state index in [1.165, 1.54) is 22.0 Å². The normalized spacial score (nSPS) is 18.9. The summed E-state index contributed by atoms with van der Waals surface area (Å²) in [6.07, 6.45) is 1.16. The van der Waals surface area contributed by atoms with Crippen molar-refractivity contribution in [3.05, 3.63) is 64.7 Å². The third kappa shape index (κ3) is 4.88. The quantitative estimate of drug-likeness (QED) is 0.722. The van der Waals surface area contributed by atoms with Gasteiger partial charge in [-0.1, -0.05) is 56.6 Å². The van der Waals surface area contributed by atoms with Crippen LogP contribution >= 0.6 is 11.6 Å². The molecule has 0 radical (unpaired) electrons. The topological polar surface area (TPSA) is 66.5 Å². The van der Waals surface area contributed by atoms with E-state index in [4.69, 9.17) is 11.6 Å². The van der Waals surface area contributed by atoms with Gasteiger partial charge in [-0.05, 0) is 60.6 Å². The number of amides is 1. The molecular weight excluding hydrogens is 420 g/mol. The number of hydrogen-bond donors (Lipinski definition) is 1. The fraction of sp³-hybridized carbons (Fsp3) is 0.435. The van der Waals surface area contributed by atoms with Gasteiger partial charge in [-0.25, -0.2) is 8.42 Å². The van der Waals surface area contributed by atoms with Crippen LogP contribution in [0.5, 0.6) is 0 Å². The summed E-state index contributed by atoms with van der Waals surface area (Å²) in [7, 11) is -3.76. The predicted octanol–water partition coefficient (Wildman–Crippen LogP) is 4.67. The first kappa shape index (κ1) is 22.8. The minimum absolute atomic E-state index is 0.0609. The van der Waals surface area contributed by atoms with Crippen molar-refractivity contribution >= 4 is 27.5 Å².